The van der Waals surface area contributed by atoms with Crippen LogP contribution >= 0.6 is 11.6 Å². The third-order valence-corrected chi connectivity index (χ3v) is 6.03. The third-order valence-electron chi connectivity index (χ3n) is 4.15. The van der Waals surface area contributed by atoms with Gasteiger partial charge in [-0.1, -0.05) is 53.1 Å². The molecular formula is C17H15ClN8O2S. The van der Waals surface area contributed by atoms with Crippen LogP contribution in [0.15, 0.2) is 59.8 Å². The molecule has 0 atom stereocenters. The summed E-state index contributed by atoms with van der Waals surface area (Å²) in [6.07, 6.45) is 0. The molecule has 12 heteroatoms. The van der Waals surface area contributed by atoms with Crippen molar-refractivity contribution in [2.75, 3.05) is 5.73 Å². The van der Waals surface area contributed by atoms with Gasteiger partial charge in [0, 0.05) is 10.7 Å². The summed E-state index contributed by atoms with van der Waals surface area (Å²) in [6.45, 7) is 0.0440. The molecule has 0 unspecified atom stereocenters. The Labute approximate surface area is 170 Å². The number of nitrogen functional groups attached to an aromatic ring is 1. The van der Waals surface area contributed by atoms with Crippen LogP contribution in [0.1, 0.15) is 11.4 Å². The van der Waals surface area contributed by atoms with Crippen LogP contribution in [0.3, 0.4) is 0 Å². The summed E-state index contributed by atoms with van der Waals surface area (Å²) < 4.78 is 29.1. The number of benzene rings is 2. The highest BCUT2D eigenvalue weighted by atomic mass is 35.5. The van der Waals surface area contributed by atoms with E-state index in [2.05, 4.69) is 25.7 Å². The molecule has 0 saturated carbocycles. The average Bonchev–Trinajstić information content (AvgIpc) is 3.31. The van der Waals surface area contributed by atoms with E-state index in [9.17, 15) is 8.42 Å². The number of hydrogen-bond donors (Lipinski definition) is 1. The average molecular weight is 431 g/mol. The van der Waals surface area contributed by atoms with Crippen molar-refractivity contribution in [3.05, 3.63) is 71.0 Å². The predicted octanol–water partition coefficient (Wildman–Crippen LogP) is 1.51. The first-order valence-corrected chi connectivity index (χ1v) is 10.5. The summed E-state index contributed by atoms with van der Waals surface area (Å²) in [5.74, 6) is 0.0750. The molecule has 0 fully saturated rings. The molecule has 0 bridgehead atoms. The molecule has 0 saturated heterocycles. The Bertz CT molecular complexity index is 1250. The van der Waals surface area contributed by atoms with E-state index in [4.69, 9.17) is 17.3 Å². The van der Waals surface area contributed by atoms with Crippen LogP contribution in [0.2, 0.25) is 5.02 Å². The van der Waals surface area contributed by atoms with Gasteiger partial charge in [-0.15, -0.1) is 10.2 Å². The molecule has 4 aromatic rings. The largest absolute Gasteiger partial charge is 0.367 e. The van der Waals surface area contributed by atoms with Gasteiger partial charge in [0.05, 0.1) is 5.75 Å². The van der Waals surface area contributed by atoms with Gasteiger partial charge in [0.1, 0.15) is 6.54 Å². The summed E-state index contributed by atoms with van der Waals surface area (Å²) in [5.41, 5.74) is 6.78. The standard InChI is InChI=1S/C17H15ClN8O2S/c18-14-9-5-4-6-12(14)11-29(27,28)17-22-20-15(10-25-16(19)21-23-24-25)26(17)13-7-2-1-3-8-13/h1-9H,10-11H2,(H2,19,21,24). The van der Waals surface area contributed by atoms with Crippen LogP contribution < -0.4 is 5.73 Å². The van der Waals surface area contributed by atoms with E-state index in [0.29, 0.717) is 22.1 Å². The van der Waals surface area contributed by atoms with Crippen LogP contribution in [-0.2, 0) is 22.1 Å². The molecule has 0 aliphatic heterocycles. The first-order valence-electron chi connectivity index (χ1n) is 8.43. The van der Waals surface area contributed by atoms with Crippen molar-refractivity contribution in [3.8, 4) is 5.69 Å². The minimum absolute atomic E-state index is 0.0440. The summed E-state index contributed by atoms with van der Waals surface area (Å²) >= 11 is 6.15. The first-order chi connectivity index (χ1) is 14.0. The molecule has 0 amide bonds. The zero-order valence-corrected chi connectivity index (χ0v) is 16.5. The fourth-order valence-electron chi connectivity index (χ4n) is 2.78. The molecule has 2 N–H and O–H groups in total. The van der Waals surface area contributed by atoms with Gasteiger partial charge in [-0.05, 0) is 34.2 Å². The lowest BCUT2D eigenvalue weighted by Gasteiger charge is -2.11. The Balaban J connectivity index is 1.81. The minimum Gasteiger partial charge on any atom is -0.367 e. The number of tetrazole rings is 1. The van der Waals surface area contributed by atoms with Gasteiger partial charge in [-0.25, -0.2) is 13.1 Å². The molecule has 29 heavy (non-hydrogen) atoms. The molecule has 0 aliphatic carbocycles. The van der Waals surface area contributed by atoms with Crippen molar-refractivity contribution >= 4 is 27.4 Å². The molecule has 4 rings (SSSR count). The van der Waals surface area contributed by atoms with Crippen molar-refractivity contribution in [2.45, 2.75) is 17.5 Å². The normalized spacial score (nSPS) is 11.6. The van der Waals surface area contributed by atoms with E-state index in [-0.39, 0.29) is 23.4 Å². The number of aromatic nitrogens is 7. The quantitative estimate of drug-likeness (QED) is 0.486. The second-order valence-corrected chi connectivity index (χ2v) is 8.41. The molecule has 2 aromatic carbocycles. The van der Waals surface area contributed by atoms with Crippen LogP contribution in [0.5, 0.6) is 0 Å². The van der Waals surface area contributed by atoms with Gasteiger partial charge >= 0.3 is 0 Å². The number of nitrogens with two attached hydrogens (primary N) is 1. The van der Waals surface area contributed by atoms with Crippen LogP contribution in [0.4, 0.5) is 5.95 Å². The zero-order chi connectivity index (χ0) is 20.4. The third kappa shape index (κ3) is 3.82. The van der Waals surface area contributed by atoms with Crippen molar-refractivity contribution < 1.29 is 8.42 Å². The maximum absolute atomic E-state index is 13.2. The maximum Gasteiger partial charge on any atom is 0.254 e. The molecule has 2 aromatic heterocycles. The highest BCUT2D eigenvalue weighted by Gasteiger charge is 2.27. The summed E-state index contributed by atoms with van der Waals surface area (Å²) in [6, 6.07) is 15.7. The molecule has 2 heterocycles. The molecule has 0 radical (unpaired) electrons. The zero-order valence-electron chi connectivity index (χ0n) is 14.9. The Morgan fingerprint density at radius 3 is 2.38 bits per heavy atom. The summed E-state index contributed by atoms with van der Waals surface area (Å²) in [4.78, 5) is 0. The fourth-order valence-corrected chi connectivity index (χ4v) is 4.51. The molecule has 0 aliphatic rings. The van der Waals surface area contributed by atoms with Crippen molar-refractivity contribution in [1.29, 1.82) is 0 Å². The smallest absolute Gasteiger partial charge is 0.254 e. The number of nitrogens with zero attached hydrogens (tertiary/aromatic N) is 7. The van der Waals surface area contributed by atoms with E-state index < -0.39 is 9.84 Å². The molecule has 10 nitrogen and oxygen atoms in total. The Kier molecular flexibility index (Phi) is 4.99. The Hall–Kier alpha value is -3.31. The lowest BCUT2D eigenvalue weighted by Crippen LogP contribution is -2.16. The van der Waals surface area contributed by atoms with Crippen LogP contribution in [-0.4, -0.2) is 43.4 Å². The number of anilines is 1. The number of halogens is 1. The summed E-state index contributed by atoms with van der Waals surface area (Å²) in [7, 11) is -3.87. The minimum atomic E-state index is -3.87. The highest BCUT2D eigenvalue weighted by Crippen LogP contribution is 2.24. The Morgan fingerprint density at radius 2 is 1.69 bits per heavy atom. The lowest BCUT2D eigenvalue weighted by molar-refractivity contribution is 0.579. The SMILES string of the molecule is Nc1nnnn1Cc1nnc(S(=O)(=O)Cc2ccccc2Cl)n1-c1ccccc1. The monoisotopic (exact) mass is 430 g/mol. The number of para-hydroxylation sites is 1. The van der Waals surface area contributed by atoms with E-state index in [1.165, 1.54) is 9.25 Å². The van der Waals surface area contributed by atoms with Crippen LogP contribution in [0.25, 0.3) is 5.69 Å². The van der Waals surface area contributed by atoms with Crippen molar-refractivity contribution in [2.24, 2.45) is 0 Å². The first kappa shape index (κ1) is 19.0. The van der Waals surface area contributed by atoms with E-state index in [1.807, 2.05) is 6.07 Å². The topological polar surface area (TPSA) is 134 Å². The highest BCUT2D eigenvalue weighted by molar-refractivity contribution is 7.90. The Morgan fingerprint density at radius 1 is 0.966 bits per heavy atom. The van der Waals surface area contributed by atoms with E-state index >= 15 is 0 Å². The second-order valence-electron chi connectivity index (χ2n) is 6.11. The molecule has 0 spiro atoms. The summed E-state index contributed by atoms with van der Waals surface area (Å²) in [5, 5.41) is 19.1. The van der Waals surface area contributed by atoms with Crippen molar-refractivity contribution in [1.82, 2.24) is 35.0 Å². The number of rotatable bonds is 6. The predicted molar refractivity (Wildman–Crippen MR) is 105 cm³/mol. The van der Waals surface area contributed by atoms with Gasteiger partial charge in [-0.2, -0.15) is 0 Å². The van der Waals surface area contributed by atoms with E-state index in [1.54, 1.807) is 48.5 Å². The van der Waals surface area contributed by atoms with Gasteiger partial charge in [-0.3, -0.25) is 4.57 Å². The van der Waals surface area contributed by atoms with Gasteiger partial charge in [0.15, 0.2) is 5.82 Å². The molecular weight excluding hydrogens is 416 g/mol. The maximum atomic E-state index is 13.2. The van der Waals surface area contributed by atoms with Crippen LogP contribution in [0, 0.1) is 0 Å². The fraction of sp³-hybridized carbons (Fsp3) is 0.118. The van der Waals surface area contributed by atoms with Crippen molar-refractivity contribution in [3.63, 3.8) is 0 Å². The van der Waals surface area contributed by atoms with E-state index in [0.717, 1.165) is 0 Å². The number of sulfone groups is 1. The van der Waals surface area contributed by atoms with Gasteiger partial charge < -0.3 is 5.73 Å². The van der Waals surface area contributed by atoms with Gasteiger partial charge in [0.25, 0.3) is 5.16 Å². The second kappa shape index (κ2) is 7.60. The number of hydrogen-bond acceptors (Lipinski definition) is 8. The van der Waals surface area contributed by atoms with Gasteiger partial charge in [0.2, 0.25) is 15.8 Å². The lowest BCUT2D eigenvalue weighted by atomic mass is 10.2. The molecule has 148 valence electrons.